The lowest BCUT2D eigenvalue weighted by molar-refractivity contribution is 0.0694. The molecule has 1 heterocycles. The summed E-state index contributed by atoms with van der Waals surface area (Å²) in [7, 11) is -3.54. The van der Waals surface area contributed by atoms with E-state index in [0.29, 0.717) is 37.7 Å². The van der Waals surface area contributed by atoms with Crippen LogP contribution in [0.15, 0.2) is 53.4 Å². The van der Waals surface area contributed by atoms with E-state index in [9.17, 15) is 18.3 Å². The molecule has 0 unspecified atom stereocenters. The highest BCUT2D eigenvalue weighted by Crippen LogP contribution is 2.21. The monoisotopic (exact) mass is 394 g/mol. The first-order valence-electron chi connectivity index (χ1n) is 8.17. The Morgan fingerprint density at radius 1 is 1.00 bits per heavy atom. The Labute approximate surface area is 157 Å². The maximum atomic E-state index is 12.7. The van der Waals surface area contributed by atoms with Gasteiger partial charge in [0.2, 0.25) is 10.0 Å². The molecule has 3 rings (SSSR count). The van der Waals surface area contributed by atoms with Crippen molar-refractivity contribution in [3.05, 3.63) is 64.7 Å². The van der Waals surface area contributed by atoms with Crippen LogP contribution in [-0.4, -0.2) is 54.9 Å². The summed E-state index contributed by atoms with van der Waals surface area (Å²) in [4.78, 5) is 13.6. The molecule has 0 radical (unpaired) electrons. The summed E-state index contributed by atoms with van der Waals surface area (Å²) in [5.41, 5.74) is 1.01. The van der Waals surface area contributed by atoms with Gasteiger partial charge < -0.3 is 5.11 Å². The minimum atomic E-state index is -3.54. The van der Waals surface area contributed by atoms with Gasteiger partial charge in [-0.2, -0.15) is 4.31 Å². The van der Waals surface area contributed by atoms with Crippen LogP contribution in [0.1, 0.15) is 15.9 Å². The predicted octanol–water partition coefficient (Wildman–Crippen LogP) is 2.54. The predicted molar refractivity (Wildman–Crippen MR) is 98.9 cm³/mol. The first kappa shape index (κ1) is 18.8. The largest absolute Gasteiger partial charge is 0.478 e. The fourth-order valence-electron chi connectivity index (χ4n) is 2.99. The molecule has 6 nitrogen and oxygen atoms in total. The Morgan fingerprint density at radius 3 is 2.23 bits per heavy atom. The second-order valence-corrected chi connectivity index (χ2v) is 8.47. The molecule has 0 saturated carbocycles. The molecule has 1 fully saturated rings. The molecule has 1 aliphatic heterocycles. The standard InChI is InChI=1S/C18H19ClN2O4S/c19-15-5-7-16(8-6-15)26(24,25)21-11-9-20(10-12-21)13-14-3-1-2-4-17(14)18(22)23/h1-8H,9-13H2,(H,22,23). The van der Waals surface area contributed by atoms with E-state index < -0.39 is 16.0 Å². The lowest BCUT2D eigenvalue weighted by Gasteiger charge is -2.34. The molecule has 1 N–H and O–H groups in total. The van der Waals surface area contributed by atoms with Gasteiger partial charge in [-0.3, -0.25) is 4.90 Å². The Morgan fingerprint density at radius 2 is 1.62 bits per heavy atom. The van der Waals surface area contributed by atoms with Crippen molar-refractivity contribution in [2.75, 3.05) is 26.2 Å². The highest BCUT2D eigenvalue weighted by molar-refractivity contribution is 7.89. The smallest absolute Gasteiger partial charge is 0.336 e. The van der Waals surface area contributed by atoms with E-state index in [2.05, 4.69) is 4.90 Å². The highest BCUT2D eigenvalue weighted by atomic mass is 35.5. The van der Waals surface area contributed by atoms with Crippen molar-refractivity contribution < 1.29 is 18.3 Å². The summed E-state index contributed by atoms with van der Waals surface area (Å²) in [5, 5.41) is 9.77. The number of carboxylic acid groups (broad SMARTS) is 1. The number of aromatic carboxylic acids is 1. The van der Waals surface area contributed by atoms with Crippen molar-refractivity contribution in [3.8, 4) is 0 Å². The SMILES string of the molecule is O=C(O)c1ccccc1CN1CCN(S(=O)(=O)c2ccc(Cl)cc2)CC1. The number of halogens is 1. The van der Waals surface area contributed by atoms with Gasteiger partial charge in [-0.05, 0) is 35.9 Å². The van der Waals surface area contributed by atoms with Gasteiger partial charge >= 0.3 is 5.97 Å². The third-order valence-corrected chi connectivity index (χ3v) is 6.59. The minimum absolute atomic E-state index is 0.228. The van der Waals surface area contributed by atoms with Crippen molar-refractivity contribution in [2.24, 2.45) is 0 Å². The number of sulfonamides is 1. The average molecular weight is 395 g/mol. The number of carbonyl (C=O) groups is 1. The number of carboxylic acids is 1. The molecule has 0 spiro atoms. The summed E-state index contributed by atoms with van der Waals surface area (Å²) in [6.07, 6.45) is 0. The van der Waals surface area contributed by atoms with E-state index in [-0.39, 0.29) is 10.5 Å². The van der Waals surface area contributed by atoms with E-state index >= 15 is 0 Å². The zero-order valence-electron chi connectivity index (χ0n) is 14.0. The summed E-state index contributed by atoms with van der Waals surface area (Å²) in [5.74, 6) is -0.954. The van der Waals surface area contributed by atoms with Crippen LogP contribution in [0.25, 0.3) is 0 Å². The van der Waals surface area contributed by atoms with Crippen LogP contribution in [0, 0.1) is 0 Å². The zero-order chi connectivity index (χ0) is 18.7. The van der Waals surface area contributed by atoms with Crippen LogP contribution in [0.3, 0.4) is 0 Å². The van der Waals surface area contributed by atoms with Crippen molar-refractivity contribution in [1.29, 1.82) is 0 Å². The van der Waals surface area contributed by atoms with Crippen LogP contribution < -0.4 is 0 Å². The van der Waals surface area contributed by atoms with Gasteiger partial charge in [-0.1, -0.05) is 29.8 Å². The quantitative estimate of drug-likeness (QED) is 0.843. The lowest BCUT2D eigenvalue weighted by Crippen LogP contribution is -2.48. The van der Waals surface area contributed by atoms with E-state index in [1.165, 1.54) is 16.4 Å². The number of rotatable bonds is 5. The normalized spacial score (nSPS) is 16.5. The number of benzene rings is 2. The molecule has 138 valence electrons. The third-order valence-electron chi connectivity index (χ3n) is 4.42. The van der Waals surface area contributed by atoms with Gasteiger partial charge in [-0.25, -0.2) is 13.2 Å². The molecular formula is C18H19ClN2O4S. The lowest BCUT2D eigenvalue weighted by atomic mass is 10.1. The number of hydrogen-bond donors (Lipinski definition) is 1. The van der Waals surface area contributed by atoms with Gasteiger partial charge in [0, 0.05) is 37.7 Å². The van der Waals surface area contributed by atoms with Crippen LogP contribution in [0.5, 0.6) is 0 Å². The molecule has 1 aliphatic rings. The molecule has 0 amide bonds. The molecule has 0 aliphatic carbocycles. The first-order chi connectivity index (χ1) is 12.4. The van der Waals surface area contributed by atoms with Crippen molar-refractivity contribution >= 4 is 27.6 Å². The summed E-state index contributed by atoms with van der Waals surface area (Å²) < 4.78 is 26.8. The molecule has 2 aromatic carbocycles. The van der Waals surface area contributed by atoms with Gasteiger partial charge in [0.25, 0.3) is 0 Å². The number of nitrogens with zero attached hydrogens (tertiary/aromatic N) is 2. The zero-order valence-corrected chi connectivity index (χ0v) is 15.6. The maximum absolute atomic E-state index is 12.7. The molecule has 0 atom stereocenters. The third kappa shape index (κ3) is 4.07. The van der Waals surface area contributed by atoms with Crippen molar-refractivity contribution in [2.45, 2.75) is 11.4 Å². The second-order valence-electron chi connectivity index (χ2n) is 6.10. The van der Waals surface area contributed by atoms with E-state index in [0.717, 1.165) is 5.56 Å². The fraction of sp³-hybridized carbons (Fsp3) is 0.278. The molecular weight excluding hydrogens is 376 g/mol. The molecule has 0 aromatic heterocycles. The van der Waals surface area contributed by atoms with Gasteiger partial charge in [0.05, 0.1) is 10.5 Å². The van der Waals surface area contributed by atoms with Gasteiger partial charge in [0.15, 0.2) is 0 Å². The molecule has 1 saturated heterocycles. The van der Waals surface area contributed by atoms with Gasteiger partial charge in [0.1, 0.15) is 0 Å². The van der Waals surface area contributed by atoms with E-state index in [1.54, 1.807) is 30.3 Å². The molecule has 8 heteroatoms. The fourth-order valence-corrected chi connectivity index (χ4v) is 4.54. The summed E-state index contributed by atoms with van der Waals surface area (Å²) in [6.45, 7) is 2.29. The van der Waals surface area contributed by atoms with Crippen LogP contribution >= 0.6 is 11.6 Å². The van der Waals surface area contributed by atoms with Crippen molar-refractivity contribution in [1.82, 2.24) is 9.21 Å². The average Bonchev–Trinajstić information content (AvgIpc) is 2.63. The maximum Gasteiger partial charge on any atom is 0.336 e. The Bertz CT molecular complexity index is 892. The van der Waals surface area contributed by atoms with Crippen LogP contribution in [-0.2, 0) is 16.6 Å². The van der Waals surface area contributed by atoms with E-state index in [4.69, 9.17) is 11.6 Å². The first-order valence-corrected chi connectivity index (χ1v) is 9.99. The molecule has 26 heavy (non-hydrogen) atoms. The Kier molecular flexibility index (Phi) is 5.62. The Hall–Kier alpha value is -1.93. The number of piperazine rings is 1. The minimum Gasteiger partial charge on any atom is -0.478 e. The van der Waals surface area contributed by atoms with Crippen LogP contribution in [0.4, 0.5) is 0 Å². The van der Waals surface area contributed by atoms with Crippen molar-refractivity contribution in [3.63, 3.8) is 0 Å². The topological polar surface area (TPSA) is 77.9 Å². The Balaban J connectivity index is 1.66. The second kappa shape index (κ2) is 7.75. The molecule has 2 aromatic rings. The summed E-state index contributed by atoms with van der Waals surface area (Å²) >= 11 is 5.82. The van der Waals surface area contributed by atoms with E-state index in [1.807, 2.05) is 6.07 Å². The molecule has 0 bridgehead atoms. The number of hydrogen-bond acceptors (Lipinski definition) is 4. The highest BCUT2D eigenvalue weighted by Gasteiger charge is 2.28. The van der Waals surface area contributed by atoms with Crippen LogP contribution in [0.2, 0.25) is 5.02 Å². The van der Waals surface area contributed by atoms with Gasteiger partial charge in [-0.15, -0.1) is 0 Å². The summed E-state index contributed by atoms with van der Waals surface area (Å²) in [6, 6.07) is 13.0.